The molecule has 8 bridgehead atoms. The molecule has 3 aliphatic rings. The Hall–Kier alpha value is -4.73. The van der Waals surface area contributed by atoms with Gasteiger partial charge in [-0.3, -0.25) is 0 Å². The molecule has 3 aromatic carbocycles. The van der Waals surface area contributed by atoms with E-state index in [-0.39, 0.29) is 0 Å². The average molecular weight is 701 g/mol. The van der Waals surface area contributed by atoms with Crippen molar-refractivity contribution in [3.8, 4) is 45.6 Å². The molecule has 6 aromatic rings. The van der Waals surface area contributed by atoms with Crippen molar-refractivity contribution in [1.82, 2.24) is 39.9 Å². The second-order valence-corrected chi connectivity index (χ2v) is 10.3. The van der Waals surface area contributed by atoms with E-state index < -0.39 is 0 Å². The Balaban J connectivity index is 0.000000520. The van der Waals surface area contributed by atoms with Gasteiger partial charge in [-0.15, -0.1) is 0 Å². The Morgan fingerprint density at radius 3 is 1.04 bits per heavy atom. The van der Waals surface area contributed by atoms with Crippen LogP contribution in [0.2, 0.25) is 0 Å². The predicted octanol–water partition coefficient (Wildman–Crippen LogP) is 9.84. The van der Waals surface area contributed by atoms with Gasteiger partial charge >= 0.3 is 23.7 Å². The van der Waals surface area contributed by atoms with E-state index in [0.717, 1.165) is 90.2 Å². The number of aromatic nitrogens is 8. The van der Waals surface area contributed by atoms with Crippen LogP contribution in [-0.2, 0) is 36.6 Å². The second-order valence-electron chi connectivity index (χ2n) is 10.3. The van der Waals surface area contributed by atoms with Crippen LogP contribution in [-0.4, -0.2) is 29.9 Å². The van der Waals surface area contributed by atoms with Crippen molar-refractivity contribution in [1.29, 1.82) is 0 Å². The zero-order chi connectivity index (χ0) is 36.2. The van der Waals surface area contributed by atoms with Crippen LogP contribution < -0.4 is 9.97 Å². The molecule has 3 aromatic heterocycles. The van der Waals surface area contributed by atoms with Gasteiger partial charge in [0.05, 0.1) is 23.3 Å². The minimum Gasteiger partial charge on any atom is -0.358 e. The van der Waals surface area contributed by atoms with Gasteiger partial charge in [-0.1, -0.05) is 128 Å². The van der Waals surface area contributed by atoms with Crippen LogP contribution in [0.15, 0.2) is 72.8 Å². The fourth-order valence-corrected chi connectivity index (χ4v) is 6.01. The van der Waals surface area contributed by atoms with E-state index in [9.17, 15) is 0 Å². The van der Waals surface area contributed by atoms with Gasteiger partial charge < -0.3 is 29.9 Å². The van der Waals surface area contributed by atoms with Gasteiger partial charge in [-0.2, -0.15) is 0 Å². The smallest absolute Gasteiger partial charge is 0.0927 e. The first-order valence-electron chi connectivity index (χ1n) is 17.7. The molecule has 0 spiro atoms. The molecule has 0 amide bonds. The van der Waals surface area contributed by atoms with E-state index in [1.165, 1.54) is 0 Å². The third kappa shape index (κ3) is 7.25. The monoisotopic (exact) mass is 700 g/mol. The quantitative estimate of drug-likeness (QED) is 0.142. The van der Waals surface area contributed by atoms with Crippen LogP contribution in [0, 0.1) is 0 Å². The van der Waals surface area contributed by atoms with Gasteiger partial charge in [0.15, 0.2) is 0 Å². The number of hydrogen-bond acceptors (Lipinski definition) is 7. The minimum absolute atomic E-state index is 0.572. The summed E-state index contributed by atoms with van der Waals surface area (Å²) < 4.78 is 8.25. The fourth-order valence-electron chi connectivity index (χ4n) is 6.01. The van der Waals surface area contributed by atoms with Crippen LogP contribution in [0.5, 0.6) is 0 Å². The summed E-state index contributed by atoms with van der Waals surface area (Å²) in [5.41, 5.74) is 8.57. The number of aryl methyl sites for hydroxylation is 2. The number of rotatable bonds is 0. The summed E-state index contributed by atoms with van der Waals surface area (Å²) in [5.74, 6) is 2.39. The molecule has 50 heavy (non-hydrogen) atoms. The molecular formula is C40H44N8OTi. The number of hydrogen-bond donors (Lipinski definition) is 0. The van der Waals surface area contributed by atoms with Gasteiger partial charge in [0.1, 0.15) is 0 Å². The second kappa shape index (κ2) is 18.3. The van der Waals surface area contributed by atoms with Crippen molar-refractivity contribution >= 4 is 33.4 Å². The summed E-state index contributed by atoms with van der Waals surface area (Å²) in [6.07, 6.45) is 4.06. The molecule has 2 aliphatic heterocycles. The van der Waals surface area contributed by atoms with Crippen LogP contribution in [0.4, 0.5) is 0 Å². The zero-order valence-electron chi connectivity index (χ0n) is 30.2. The van der Waals surface area contributed by atoms with E-state index >= 15 is 0 Å². The molecule has 0 N–H and O–H groups in total. The average Bonchev–Trinajstić information content (AvgIpc) is 3.95. The summed E-state index contributed by atoms with van der Waals surface area (Å²) >= 11 is 0.750. The van der Waals surface area contributed by atoms with Crippen molar-refractivity contribution in [2.45, 2.75) is 81.1 Å². The number of benzene rings is 3. The van der Waals surface area contributed by atoms with Crippen molar-refractivity contribution in [2.24, 2.45) is 0 Å². The van der Waals surface area contributed by atoms with Crippen molar-refractivity contribution in [3.05, 3.63) is 83.9 Å². The maximum absolute atomic E-state index is 8.25. The van der Waals surface area contributed by atoms with Gasteiger partial charge in [-0.25, -0.2) is 9.97 Å². The Morgan fingerprint density at radius 1 is 0.420 bits per heavy atom. The summed E-state index contributed by atoms with van der Waals surface area (Å²) in [7, 11) is 0. The largest absolute Gasteiger partial charge is 0.358 e. The number of nitrogens with zero attached hydrogens (tertiary/aromatic N) is 8. The standard InChI is InChI=1S/C32H20N8.4C2H6.O.Ti/c1-2-10-18-17(9-1)25-33-26(18)38-28-21-13-5-6-14-22(21)30(35-28)40-32-24-16-8-7-15-23(24)31(36-32)39-29-20-12-4-3-11-19(20)27(34-29)37-25;4*1-2;;/h1-6,9-14H,7-8,15-16H2;4*1-2H3;;/q-2;;;;;;+2. The maximum Gasteiger partial charge on any atom is 0.0927 e. The molecule has 5 heterocycles. The van der Waals surface area contributed by atoms with E-state index in [2.05, 4.69) is 0 Å². The van der Waals surface area contributed by atoms with Crippen molar-refractivity contribution in [3.63, 3.8) is 0 Å². The maximum atomic E-state index is 8.25. The molecule has 0 atom stereocenters. The Kier molecular flexibility index (Phi) is 14.0. The molecule has 10 heteroatoms. The van der Waals surface area contributed by atoms with E-state index in [0.29, 0.717) is 45.9 Å². The topological polar surface area (TPSA) is 123 Å². The molecule has 9 nitrogen and oxygen atoms in total. The van der Waals surface area contributed by atoms with Gasteiger partial charge in [0, 0.05) is 44.8 Å². The van der Waals surface area contributed by atoms with Crippen LogP contribution >= 0.6 is 0 Å². The first kappa shape index (κ1) is 38.1. The summed E-state index contributed by atoms with van der Waals surface area (Å²) in [6, 6.07) is 24.1. The van der Waals surface area contributed by atoms with Crippen LogP contribution in [0.3, 0.4) is 0 Å². The zero-order valence-corrected chi connectivity index (χ0v) is 31.8. The van der Waals surface area contributed by atoms with Gasteiger partial charge in [0.2, 0.25) is 0 Å². The van der Waals surface area contributed by atoms with E-state index in [1.54, 1.807) is 0 Å². The molecular weight excluding hydrogens is 656 g/mol. The molecule has 0 radical (unpaired) electrons. The fraction of sp³-hybridized carbons (Fsp3) is 0.300. The molecule has 0 saturated carbocycles. The van der Waals surface area contributed by atoms with Gasteiger partial charge in [-0.05, 0) is 47.6 Å². The first-order chi connectivity index (χ1) is 24.8. The summed E-state index contributed by atoms with van der Waals surface area (Å²) in [4.78, 5) is 39.7. The Morgan fingerprint density at radius 2 is 0.700 bits per heavy atom. The molecule has 254 valence electrons. The summed E-state index contributed by atoms with van der Waals surface area (Å²) in [6.45, 7) is 16.0. The van der Waals surface area contributed by atoms with Crippen molar-refractivity contribution in [2.75, 3.05) is 0 Å². The number of fused-ring (bicyclic) bond motifs is 20. The summed E-state index contributed by atoms with van der Waals surface area (Å²) in [5, 5.41) is 1.82. The van der Waals surface area contributed by atoms with Crippen LogP contribution in [0.25, 0.3) is 78.9 Å². The molecule has 0 saturated heterocycles. The minimum atomic E-state index is 0.572. The third-order valence-corrected chi connectivity index (χ3v) is 7.93. The normalized spacial score (nSPS) is 11.5. The molecule has 0 unspecified atom stereocenters. The molecule has 1 aliphatic carbocycles. The van der Waals surface area contributed by atoms with Gasteiger partial charge in [0.25, 0.3) is 0 Å². The predicted molar refractivity (Wildman–Crippen MR) is 199 cm³/mol. The first-order valence-corrected chi connectivity index (χ1v) is 18.4. The molecule has 0 fully saturated rings. The van der Waals surface area contributed by atoms with Crippen LogP contribution in [0.1, 0.15) is 79.4 Å². The van der Waals surface area contributed by atoms with E-state index in [4.69, 9.17) is 43.2 Å². The van der Waals surface area contributed by atoms with Crippen molar-refractivity contribution < 1.29 is 23.7 Å². The Bertz CT molecular complexity index is 2070. The van der Waals surface area contributed by atoms with E-state index in [1.807, 2.05) is 128 Å². The Labute approximate surface area is 306 Å². The molecule has 9 rings (SSSR count). The third-order valence-electron chi connectivity index (χ3n) is 7.93. The SMILES string of the molecule is CC.CC.CC.CC.[O]=[Ti+2].c1ccc2c(c1)-c1nc-2nc2[n-]c(nc3nc(nc4[n-]c(n1)c1c4CCCC1)-c1ccccc1-3)c1ccccc21.